The van der Waals surface area contributed by atoms with Crippen LogP contribution in [0.3, 0.4) is 0 Å². The lowest BCUT2D eigenvalue weighted by atomic mass is 9.89. The summed E-state index contributed by atoms with van der Waals surface area (Å²) in [4.78, 5) is 0. The Morgan fingerprint density at radius 3 is 2.70 bits per heavy atom. The van der Waals surface area contributed by atoms with Crippen LogP contribution in [0.25, 0.3) is 0 Å². The van der Waals surface area contributed by atoms with E-state index in [0.717, 1.165) is 25.4 Å². The van der Waals surface area contributed by atoms with Crippen molar-refractivity contribution in [3.05, 3.63) is 29.8 Å². The Kier molecular flexibility index (Phi) is 5.86. The number of hydrogen-bond acceptors (Lipinski definition) is 3. The van der Waals surface area contributed by atoms with Crippen LogP contribution in [-0.2, 0) is 4.74 Å². The van der Waals surface area contributed by atoms with E-state index in [1.807, 2.05) is 12.1 Å². The third-order valence-electron chi connectivity index (χ3n) is 3.85. The highest BCUT2D eigenvalue weighted by Gasteiger charge is 2.27. The second-order valence-corrected chi connectivity index (χ2v) is 6.02. The maximum absolute atomic E-state index is 6.03. The molecule has 20 heavy (non-hydrogen) atoms. The van der Waals surface area contributed by atoms with Crippen LogP contribution in [0.15, 0.2) is 24.3 Å². The van der Waals surface area contributed by atoms with E-state index in [0.29, 0.717) is 11.8 Å². The lowest BCUT2D eigenvalue weighted by molar-refractivity contribution is -0.0279. The molecule has 0 radical (unpaired) electrons. The van der Waals surface area contributed by atoms with Crippen LogP contribution in [0.2, 0.25) is 0 Å². The van der Waals surface area contributed by atoms with Crippen molar-refractivity contribution in [3.63, 3.8) is 0 Å². The van der Waals surface area contributed by atoms with Crippen LogP contribution in [0.1, 0.15) is 38.4 Å². The van der Waals surface area contributed by atoms with Crippen LogP contribution in [-0.4, -0.2) is 26.8 Å². The molecule has 1 aliphatic rings. The number of rotatable bonds is 6. The summed E-state index contributed by atoms with van der Waals surface area (Å²) in [5, 5.41) is 3.57. The molecule has 0 bridgehead atoms. The van der Waals surface area contributed by atoms with Gasteiger partial charge in [0.05, 0.1) is 13.2 Å². The van der Waals surface area contributed by atoms with E-state index in [1.54, 1.807) is 7.11 Å². The highest BCUT2D eigenvalue weighted by atomic mass is 16.5. The summed E-state index contributed by atoms with van der Waals surface area (Å²) >= 11 is 0. The minimum atomic E-state index is 0.217. The van der Waals surface area contributed by atoms with Gasteiger partial charge >= 0.3 is 0 Å². The molecule has 0 amide bonds. The van der Waals surface area contributed by atoms with Crippen molar-refractivity contribution in [3.8, 4) is 5.75 Å². The van der Waals surface area contributed by atoms with Gasteiger partial charge in [-0.2, -0.15) is 0 Å². The number of ether oxygens (including phenoxy) is 2. The fraction of sp³-hybridized carbons (Fsp3) is 0.647. The Hall–Kier alpha value is -1.06. The monoisotopic (exact) mass is 277 g/mol. The molecule has 0 aromatic heterocycles. The highest BCUT2D eigenvalue weighted by Crippen LogP contribution is 2.33. The molecule has 1 fully saturated rings. The summed E-state index contributed by atoms with van der Waals surface area (Å²) in [5.41, 5.74) is 1.27. The van der Waals surface area contributed by atoms with E-state index in [1.165, 1.54) is 18.4 Å². The molecule has 1 heterocycles. The molecule has 2 unspecified atom stereocenters. The summed E-state index contributed by atoms with van der Waals surface area (Å²) in [6.45, 7) is 7.47. The first-order chi connectivity index (χ1) is 9.70. The predicted molar refractivity (Wildman–Crippen MR) is 82.1 cm³/mol. The van der Waals surface area contributed by atoms with Crippen LogP contribution in [0.4, 0.5) is 0 Å². The van der Waals surface area contributed by atoms with Crippen molar-refractivity contribution >= 4 is 0 Å². The summed E-state index contributed by atoms with van der Waals surface area (Å²) in [6, 6.07) is 8.30. The van der Waals surface area contributed by atoms with Crippen molar-refractivity contribution in [2.24, 2.45) is 11.8 Å². The Balaban J connectivity index is 1.98. The first-order valence-electron chi connectivity index (χ1n) is 7.67. The van der Waals surface area contributed by atoms with Crippen molar-refractivity contribution in [2.45, 2.75) is 32.8 Å². The third-order valence-corrected chi connectivity index (χ3v) is 3.85. The maximum Gasteiger partial charge on any atom is 0.118 e. The molecular formula is C17H27NO2. The molecule has 2 rings (SSSR count). The Morgan fingerprint density at radius 2 is 2.05 bits per heavy atom. The van der Waals surface area contributed by atoms with Gasteiger partial charge in [0.25, 0.3) is 0 Å². The molecule has 1 aromatic carbocycles. The van der Waals surface area contributed by atoms with E-state index in [-0.39, 0.29) is 6.10 Å². The zero-order chi connectivity index (χ0) is 14.4. The fourth-order valence-corrected chi connectivity index (χ4v) is 2.77. The Morgan fingerprint density at radius 1 is 1.30 bits per heavy atom. The molecule has 1 N–H and O–H groups in total. The van der Waals surface area contributed by atoms with Gasteiger partial charge in [0, 0.05) is 19.1 Å². The normalized spacial score (nSPS) is 23.0. The number of hydrogen-bond donors (Lipinski definition) is 1. The minimum Gasteiger partial charge on any atom is -0.497 e. The van der Waals surface area contributed by atoms with E-state index in [4.69, 9.17) is 9.47 Å². The first-order valence-corrected chi connectivity index (χ1v) is 7.67. The van der Waals surface area contributed by atoms with Gasteiger partial charge in [-0.05, 0) is 43.0 Å². The van der Waals surface area contributed by atoms with E-state index >= 15 is 0 Å². The van der Waals surface area contributed by atoms with Crippen LogP contribution >= 0.6 is 0 Å². The van der Waals surface area contributed by atoms with E-state index < -0.39 is 0 Å². The SMILES string of the molecule is COc1ccc(C2OCCCC2CNCC(C)C)cc1. The van der Waals surface area contributed by atoms with Gasteiger partial charge in [-0.3, -0.25) is 0 Å². The second kappa shape index (κ2) is 7.65. The van der Waals surface area contributed by atoms with Gasteiger partial charge < -0.3 is 14.8 Å². The Labute approximate surface area is 122 Å². The van der Waals surface area contributed by atoms with Gasteiger partial charge in [0.2, 0.25) is 0 Å². The van der Waals surface area contributed by atoms with Crippen LogP contribution in [0, 0.1) is 11.8 Å². The topological polar surface area (TPSA) is 30.5 Å². The maximum atomic E-state index is 6.03. The quantitative estimate of drug-likeness (QED) is 0.864. The van der Waals surface area contributed by atoms with Crippen LogP contribution < -0.4 is 10.1 Å². The van der Waals surface area contributed by atoms with E-state index in [2.05, 4.69) is 31.3 Å². The molecule has 1 saturated heterocycles. The molecule has 2 atom stereocenters. The largest absolute Gasteiger partial charge is 0.497 e. The summed E-state index contributed by atoms with van der Waals surface area (Å²) in [6.07, 6.45) is 2.62. The first kappa shape index (κ1) is 15.3. The van der Waals surface area contributed by atoms with Crippen molar-refractivity contribution in [2.75, 3.05) is 26.8 Å². The fourth-order valence-electron chi connectivity index (χ4n) is 2.77. The minimum absolute atomic E-state index is 0.217. The van der Waals surface area contributed by atoms with Crippen molar-refractivity contribution in [1.29, 1.82) is 0 Å². The lowest BCUT2D eigenvalue weighted by Crippen LogP contribution is -2.33. The molecule has 1 aliphatic heterocycles. The van der Waals surface area contributed by atoms with Crippen LogP contribution in [0.5, 0.6) is 5.75 Å². The lowest BCUT2D eigenvalue weighted by Gasteiger charge is -2.32. The van der Waals surface area contributed by atoms with E-state index in [9.17, 15) is 0 Å². The highest BCUT2D eigenvalue weighted by molar-refractivity contribution is 5.29. The van der Waals surface area contributed by atoms with Gasteiger partial charge in [0.15, 0.2) is 0 Å². The molecule has 3 heteroatoms. The summed E-state index contributed by atoms with van der Waals surface area (Å²) in [5.74, 6) is 2.16. The number of benzene rings is 1. The molecule has 0 saturated carbocycles. The van der Waals surface area contributed by atoms with Gasteiger partial charge in [0.1, 0.15) is 5.75 Å². The number of nitrogens with one attached hydrogen (secondary N) is 1. The molecular weight excluding hydrogens is 250 g/mol. The summed E-state index contributed by atoms with van der Waals surface area (Å²) < 4.78 is 11.2. The average molecular weight is 277 g/mol. The summed E-state index contributed by atoms with van der Waals surface area (Å²) in [7, 11) is 1.70. The van der Waals surface area contributed by atoms with Gasteiger partial charge in [-0.1, -0.05) is 26.0 Å². The molecule has 112 valence electrons. The van der Waals surface area contributed by atoms with Gasteiger partial charge in [-0.15, -0.1) is 0 Å². The Bertz CT molecular complexity index is 388. The zero-order valence-electron chi connectivity index (χ0n) is 12.9. The van der Waals surface area contributed by atoms with Crippen molar-refractivity contribution < 1.29 is 9.47 Å². The number of methoxy groups -OCH3 is 1. The molecule has 1 aromatic rings. The average Bonchev–Trinajstić information content (AvgIpc) is 2.47. The van der Waals surface area contributed by atoms with Crippen molar-refractivity contribution in [1.82, 2.24) is 5.32 Å². The third kappa shape index (κ3) is 4.22. The standard InChI is InChI=1S/C17H27NO2/c1-13(2)11-18-12-15-5-4-10-20-17(15)14-6-8-16(19-3)9-7-14/h6-9,13,15,17-18H,4-5,10-12H2,1-3H3. The second-order valence-electron chi connectivity index (χ2n) is 6.02. The molecule has 0 aliphatic carbocycles. The predicted octanol–water partition coefficient (Wildman–Crippen LogP) is 3.41. The zero-order valence-corrected chi connectivity index (χ0v) is 12.9. The molecule has 3 nitrogen and oxygen atoms in total. The molecule has 0 spiro atoms. The smallest absolute Gasteiger partial charge is 0.118 e. The van der Waals surface area contributed by atoms with Gasteiger partial charge in [-0.25, -0.2) is 0 Å².